The van der Waals surface area contributed by atoms with Gasteiger partial charge in [0.15, 0.2) is 11.5 Å². The summed E-state index contributed by atoms with van der Waals surface area (Å²) in [6.45, 7) is 5.83. The molecule has 47 heavy (non-hydrogen) atoms. The summed E-state index contributed by atoms with van der Waals surface area (Å²) < 4.78 is 17.2. The molecule has 11 heteroatoms. The standard InChI is InChI=1S/C36H43N5O6/c1-7-20(2)33(36(44)37-17-16-31-39-26-10-8-9-11-27(26)40-31)41-28-15-13-23-24(19-29(28)43)25(38-21(3)42)14-12-22-18-30(45-4)34(46-5)35(47-6)32(22)23/h8-11,13,15,18-20,25,33H,7,12,14,16-17H2,1-6H3,(H,37,44)(H,38,42)(H,39,40)(H,41,43)/t20-,25-,33-/m0/s1. The van der Waals surface area contributed by atoms with Gasteiger partial charge >= 0.3 is 0 Å². The van der Waals surface area contributed by atoms with Crippen molar-refractivity contribution in [1.29, 1.82) is 0 Å². The van der Waals surface area contributed by atoms with E-state index < -0.39 is 12.1 Å². The number of aromatic amines is 1. The first kappa shape index (κ1) is 33.3. The molecule has 0 saturated carbocycles. The third-order valence-electron chi connectivity index (χ3n) is 8.82. The van der Waals surface area contributed by atoms with Crippen LogP contribution < -0.4 is 35.6 Å². The van der Waals surface area contributed by atoms with Gasteiger partial charge in [-0.3, -0.25) is 14.4 Å². The van der Waals surface area contributed by atoms with E-state index in [1.54, 1.807) is 33.5 Å². The topological polar surface area (TPSA) is 144 Å². The first-order valence-electron chi connectivity index (χ1n) is 15.9. The summed E-state index contributed by atoms with van der Waals surface area (Å²) in [5.74, 6) is 1.73. The minimum Gasteiger partial charge on any atom is -0.493 e. The lowest BCUT2D eigenvalue weighted by Crippen LogP contribution is -2.45. The molecule has 0 aliphatic heterocycles. The lowest BCUT2D eigenvalue weighted by atomic mass is 9.95. The highest BCUT2D eigenvalue weighted by molar-refractivity contribution is 5.86. The number of para-hydroxylation sites is 2. The molecule has 1 heterocycles. The number of amides is 2. The van der Waals surface area contributed by atoms with Crippen LogP contribution in [-0.2, 0) is 22.4 Å². The lowest BCUT2D eigenvalue weighted by Gasteiger charge is -2.24. The van der Waals surface area contributed by atoms with Gasteiger partial charge in [-0.15, -0.1) is 0 Å². The van der Waals surface area contributed by atoms with Crippen LogP contribution in [0, 0.1) is 5.92 Å². The Kier molecular flexibility index (Phi) is 10.3. The van der Waals surface area contributed by atoms with Crippen LogP contribution in [0.5, 0.6) is 17.2 Å². The maximum atomic E-state index is 13.9. The fraction of sp³-hybridized carbons (Fsp3) is 0.389. The van der Waals surface area contributed by atoms with Crippen molar-refractivity contribution in [1.82, 2.24) is 20.6 Å². The number of imidazole rings is 1. The summed E-state index contributed by atoms with van der Waals surface area (Å²) in [5, 5.41) is 9.32. The number of H-pyrrole nitrogens is 1. The maximum absolute atomic E-state index is 13.9. The number of aromatic nitrogens is 2. The van der Waals surface area contributed by atoms with Crippen LogP contribution in [0.4, 0.5) is 5.69 Å². The van der Waals surface area contributed by atoms with E-state index in [0.717, 1.165) is 40.0 Å². The second-order valence-electron chi connectivity index (χ2n) is 11.8. The fourth-order valence-corrected chi connectivity index (χ4v) is 6.23. The van der Waals surface area contributed by atoms with Gasteiger partial charge in [-0.1, -0.05) is 38.5 Å². The minimum absolute atomic E-state index is 0.0754. The predicted molar refractivity (Wildman–Crippen MR) is 182 cm³/mol. The monoisotopic (exact) mass is 641 g/mol. The molecule has 0 saturated heterocycles. The van der Waals surface area contributed by atoms with Gasteiger partial charge in [0.2, 0.25) is 23.0 Å². The Morgan fingerprint density at radius 2 is 1.81 bits per heavy atom. The summed E-state index contributed by atoms with van der Waals surface area (Å²) in [6.07, 6.45) is 2.40. The highest BCUT2D eigenvalue weighted by atomic mass is 16.5. The van der Waals surface area contributed by atoms with Gasteiger partial charge in [-0.25, -0.2) is 4.98 Å². The van der Waals surface area contributed by atoms with E-state index in [9.17, 15) is 14.4 Å². The Morgan fingerprint density at radius 1 is 1.04 bits per heavy atom. The number of rotatable bonds is 12. The Hall–Kier alpha value is -5.06. The van der Waals surface area contributed by atoms with Crippen LogP contribution in [0.2, 0.25) is 0 Å². The van der Waals surface area contributed by atoms with E-state index >= 15 is 0 Å². The van der Waals surface area contributed by atoms with E-state index in [1.165, 1.54) is 6.92 Å². The van der Waals surface area contributed by atoms with Crippen LogP contribution >= 0.6 is 0 Å². The van der Waals surface area contributed by atoms with Gasteiger partial charge in [-0.2, -0.15) is 0 Å². The van der Waals surface area contributed by atoms with Crippen molar-refractivity contribution in [3.63, 3.8) is 0 Å². The molecule has 0 radical (unpaired) electrons. The van der Waals surface area contributed by atoms with Gasteiger partial charge in [0.1, 0.15) is 11.9 Å². The largest absolute Gasteiger partial charge is 0.493 e. The number of aryl methyl sites for hydroxylation is 1. The Morgan fingerprint density at radius 3 is 2.49 bits per heavy atom. The van der Waals surface area contributed by atoms with Crippen molar-refractivity contribution in [2.75, 3.05) is 33.2 Å². The fourth-order valence-electron chi connectivity index (χ4n) is 6.23. The van der Waals surface area contributed by atoms with Crippen LogP contribution in [0.25, 0.3) is 22.2 Å². The Balaban J connectivity index is 1.49. The molecule has 1 aliphatic rings. The molecule has 11 nitrogen and oxygen atoms in total. The number of anilines is 1. The van der Waals surface area contributed by atoms with Crippen molar-refractivity contribution >= 4 is 28.5 Å². The summed E-state index contributed by atoms with van der Waals surface area (Å²) in [4.78, 5) is 47.6. The molecule has 248 valence electrons. The molecule has 1 aliphatic carbocycles. The molecule has 0 spiro atoms. The molecular formula is C36H43N5O6. The zero-order chi connectivity index (χ0) is 33.7. The van der Waals surface area contributed by atoms with Crippen LogP contribution in [0.1, 0.15) is 56.6 Å². The number of nitrogens with one attached hydrogen (secondary N) is 4. The molecule has 2 amide bonds. The number of nitrogens with zero attached hydrogens (tertiary/aromatic N) is 1. The van der Waals surface area contributed by atoms with Gasteiger partial charge in [0, 0.05) is 25.5 Å². The second kappa shape index (κ2) is 14.6. The number of benzene rings is 2. The molecule has 3 atom stereocenters. The van der Waals surface area contributed by atoms with Crippen molar-refractivity contribution in [2.24, 2.45) is 5.92 Å². The summed E-state index contributed by atoms with van der Waals surface area (Å²) in [7, 11) is 4.68. The predicted octanol–water partition coefficient (Wildman–Crippen LogP) is 4.92. The van der Waals surface area contributed by atoms with Gasteiger partial charge in [-0.05, 0) is 65.8 Å². The zero-order valence-corrected chi connectivity index (χ0v) is 27.8. The number of hydrogen-bond donors (Lipinski definition) is 4. The average Bonchev–Trinajstić information content (AvgIpc) is 3.34. The molecule has 4 N–H and O–H groups in total. The third-order valence-corrected chi connectivity index (χ3v) is 8.82. The lowest BCUT2D eigenvalue weighted by molar-refractivity contribution is -0.123. The van der Waals surface area contributed by atoms with Gasteiger partial charge in [0.25, 0.3) is 0 Å². The molecule has 0 bridgehead atoms. The minimum atomic E-state index is -0.664. The average molecular weight is 642 g/mol. The van der Waals surface area contributed by atoms with E-state index in [-0.39, 0.29) is 28.8 Å². The molecule has 1 aromatic heterocycles. The normalized spacial score (nSPS) is 15.0. The smallest absolute Gasteiger partial charge is 0.242 e. The number of carbonyl (C=O) groups excluding carboxylic acids is 2. The SMILES string of the molecule is CC[C@H](C)[C@H](Nc1ccc2c(cc1=O)[C@@H](NC(C)=O)CCc1cc(OC)c(OC)c(OC)c1-2)C(=O)NCCc1nc2ccccc2[nH]1. The van der Waals surface area contributed by atoms with Gasteiger partial charge < -0.3 is 35.1 Å². The Labute approximate surface area is 274 Å². The van der Waals surface area contributed by atoms with Crippen molar-refractivity contribution in [3.05, 3.63) is 75.7 Å². The van der Waals surface area contributed by atoms with Crippen molar-refractivity contribution in [3.8, 4) is 28.4 Å². The molecule has 0 fully saturated rings. The number of methoxy groups -OCH3 is 3. The van der Waals surface area contributed by atoms with Crippen LogP contribution in [0.15, 0.2) is 53.3 Å². The van der Waals surface area contributed by atoms with Crippen LogP contribution in [-0.4, -0.2) is 55.7 Å². The molecule has 5 rings (SSSR count). The quantitative estimate of drug-likeness (QED) is 0.171. The first-order valence-corrected chi connectivity index (χ1v) is 15.9. The molecule has 0 unspecified atom stereocenters. The van der Waals surface area contributed by atoms with Gasteiger partial charge in [0.05, 0.1) is 44.1 Å². The zero-order valence-electron chi connectivity index (χ0n) is 27.8. The Bertz CT molecular complexity index is 1800. The maximum Gasteiger partial charge on any atom is 0.242 e. The number of ether oxygens (including phenoxy) is 3. The summed E-state index contributed by atoms with van der Waals surface area (Å²) in [6, 6.07) is 13.7. The molecule has 4 aromatic rings. The number of fused-ring (bicyclic) bond motifs is 4. The first-order chi connectivity index (χ1) is 22.7. The highest BCUT2D eigenvalue weighted by Crippen LogP contribution is 2.50. The molecular weight excluding hydrogens is 598 g/mol. The third kappa shape index (κ3) is 7.03. The second-order valence-corrected chi connectivity index (χ2v) is 11.8. The van der Waals surface area contributed by atoms with E-state index in [1.807, 2.05) is 50.2 Å². The highest BCUT2D eigenvalue weighted by Gasteiger charge is 2.30. The van der Waals surface area contributed by atoms with Crippen molar-refractivity contribution in [2.45, 2.75) is 58.5 Å². The number of carbonyl (C=O) groups is 2. The van der Waals surface area contributed by atoms with E-state index in [0.29, 0.717) is 48.6 Å². The summed E-state index contributed by atoms with van der Waals surface area (Å²) >= 11 is 0. The van der Waals surface area contributed by atoms with Crippen LogP contribution in [0.3, 0.4) is 0 Å². The number of hydrogen-bond acceptors (Lipinski definition) is 8. The molecule has 3 aromatic carbocycles. The summed E-state index contributed by atoms with van der Waals surface area (Å²) in [5.41, 5.74) is 4.87. The van der Waals surface area contributed by atoms with E-state index in [2.05, 4.69) is 25.9 Å². The van der Waals surface area contributed by atoms with Crippen molar-refractivity contribution < 1.29 is 23.8 Å². The van der Waals surface area contributed by atoms with E-state index in [4.69, 9.17) is 14.2 Å².